The Bertz CT molecular complexity index is 190. The molecule has 0 aliphatic carbocycles. The van der Waals surface area contributed by atoms with E-state index in [1.54, 1.807) is 0 Å². The maximum absolute atomic E-state index is 9.39. The van der Waals surface area contributed by atoms with Crippen LogP contribution in [-0.2, 0) is 9.47 Å². The molecular weight excluding hydrogens is 230 g/mol. The van der Waals surface area contributed by atoms with Gasteiger partial charge in [0.25, 0.3) is 0 Å². The number of rotatable bonds is 12. The monoisotopic (exact) mass is 261 g/mol. The summed E-state index contributed by atoms with van der Waals surface area (Å²) < 4.78 is 11.1. The van der Waals surface area contributed by atoms with Crippen LogP contribution in [0.4, 0.5) is 0 Å². The van der Waals surface area contributed by atoms with Crippen LogP contribution in [0.2, 0.25) is 0 Å². The summed E-state index contributed by atoms with van der Waals surface area (Å²) in [5, 5.41) is 12.7. The Kier molecular flexibility index (Phi) is 10.6. The zero-order chi connectivity index (χ0) is 13.9. The highest BCUT2D eigenvalue weighted by atomic mass is 16.5. The van der Waals surface area contributed by atoms with Gasteiger partial charge in [0.1, 0.15) is 0 Å². The molecular formula is C14H31NO3. The average molecular weight is 261 g/mol. The van der Waals surface area contributed by atoms with Crippen LogP contribution >= 0.6 is 0 Å². The van der Waals surface area contributed by atoms with Crippen LogP contribution in [0.1, 0.15) is 47.0 Å². The van der Waals surface area contributed by atoms with Crippen molar-refractivity contribution in [1.82, 2.24) is 5.32 Å². The van der Waals surface area contributed by atoms with E-state index in [-0.39, 0.29) is 18.2 Å². The largest absolute Gasteiger partial charge is 0.394 e. The van der Waals surface area contributed by atoms with Crippen molar-refractivity contribution in [3.8, 4) is 0 Å². The molecule has 0 saturated carbocycles. The number of ether oxygens (including phenoxy) is 2. The fourth-order valence-electron chi connectivity index (χ4n) is 1.97. The molecule has 0 fully saturated rings. The molecule has 0 aromatic rings. The van der Waals surface area contributed by atoms with Crippen LogP contribution in [0.5, 0.6) is 0 Å². The highest BCUT2D eigenvalue weighted by Gasteiger charge is 2.24. The van der Waals surface area contributed by atoms with Crippen LogP contribution in [0.15, 0.2) is 0 Å². The number of aliphatic hydroxyl groups excluding tert-OH is 1. The molecule has 0 radical (unpaired) electrons. The summed E-state index contributed by atoms with van der Waals surface area (Å²) in [5.41, 5.74) is -0.253. The second-order valence-corrected chi connectivity index (χ2v) is 5.10. The van der Waals surface area contributed by atoms with E-state index in [1.807, 2.05) is 20.8 Å². The van der Waals surface area contributed by atoms with E-state index < -0.39 is 0 Å². The predicted octanol–water partition coefficient (Wildman–Crippen LogP) is 1.96. The van der Waals surface area contributed by atoms with E-state index in [2.05, 4.69) is 12.2 Å². The fourth-order valence-corrected chi connectivity index (χ4v) is 1.97. The van der Waals surface area contributed by atoms with Crippen LogP contribution in [0.25, 0.3) is 0 Å². The first-order valence-corrected chi connectivity index (χ1v) is 7.13. The van der Waals surface area contributed by atoms with Crippen molar-refractivity contribution in [2.24, 2.45) is 0 Å². The van der Waals surface area contributed by atoms with Crippen molar-refractivity contribution in [2.75, 3.05) is 33.0 Å². The van der Waals surface area contributed by atoms with Gasteiger partial charge in [-0.05, 0) is 33.2 Å². The second kappa shape index (κ2) is 10.7. The first-order chi connectivity index (χ1) is 8.58. The molecule has 0 heterocycles. The van der Waals surface area contributed by atoms with Gasteiger partial charge in [-0.1, -0.05) is 20.3 Å². The van der Waals surface area contributed by atoms with Crippen molar-refractivity contribution in [2.45, 2.75) is 58.6 Å². The Morgan fingerprint density at radius 1 is 1.22 bits per heavy atom. The topological polar surface area (TPSA) is 50.7 Å². The quantitative estimate of drug-likeness (QED) is 0.527. The molecule has 0 spiro atoms. The number of nitrogens with one attached hydrogen (secondary N) is 1. The Labute approximate surface area is 112 Å². The van der Waals surface area contributed by atoms with Gasteiger partial charge in [-0.15, -0.1) is 0 Å². The van der Waals surface area contributed by atoms with Gasteiger partial charge in [0.05, 0.1) is 25.9 Å². The lowest BCUT2D eigenvalue weighted by Gasteiger charge is -2.31. The van der Waals surface area contributed by atoms with Gasteiger partial charge in [-0.2, -0.15) is 0 Å². The van der Waals surface area contributed by atoms with Gasteiger partial charge in [-0.3, -0.25) is 0 Å². The molecule has 2 unspecified atom stereocenters. The number of likely N-dealkylation sites (N-methyl/N-ethyl adjacent to an activating group) is 1. The van der Waals surface area contributed by atoms with E-state index in [0.29, 0.717) is 13.2 Å². The fraction of sp³-hybridized carbons (Fsp3) is 1.00. The van der Waals surface area contributed by atoms with Crippen LogP contribution in [0.3, 0.4) is 0 Å². The summed E-state index contributed by atoms with van der Waals surface area (Å²) in [5.74, 6) is 0. The minimum absolute atomic E-state index is 0.121. The average Bonchev–Trinajstić information content (AvgIpc) is 2.34. The van der Waals surface area contributed by atoms with Crippen LogP contribution in [0, 0.1) is 0 Å². The summed E-state index contributed by atoms with van der Waals surface area (Å²) >= 11 is 0. The standard InChI is InChI=1S/C14H31NO3/c1-5-7-8-17-9-10-18-13(3)11-14(4,12-16)15-6-2/h13,15-16H,5-12H2,1-4H3. The molecule has 0 bridgehead atoms. The molecule has 0 rings (SSSR count). The van der Waals surface area contributed by atoms with Gasteiger partial charge in [0, 0.05) is 12.1 Å². The molecule has 0 aliphatic heterocycles. The summed E-state index contributed by atoms with van der Waals surface area (Å²) in [6.45, 7) is 11.3. The highest BCUT2D eigenvalue weighted by Crippen LogP contribution is 2.13. The number of hydrogen-bond acceptors (Lipinski definition) is 4. The van der Waals surface area contributed by atoms with Gasteiger partial charge >= 0.3 is 0 Å². The summed E-state index contributed by atoms with van der Waals surface area (Å²) in [6, 6.07) is 0. The van der Waals surface area contributed by atoms with E-state index >= 15 is 0 Å². The van der Waals surface area contributed by atoms with Crippen molar-refractivity contribution < 1.29 is 14.6 Å². The maximum Gasteiger partial charge on any atom is 0.0704 e. The van der Waals surface area contributed by atoms with Crippen LogP contribution < -0.4 is 5.32 Å². The maximum atomic E-state index is 9.39. The Morgan fingerprint density at radius 3 is 2.50 bits per heavy atom. The SMILES string of the molecule is CCCCOCCOC(C)CC(C)(CO)NCC. The Hall–Kier alpha value is -0.160. The summed E-state index contributed by atoms with van der Waals surface area (Å²) in [4.78, 5) is 0. The van der Waals surface area contributed by atoms with Gasteiger partial charge < -0.3 is 19.9 Å². The third-order valence-electron chi connectivity index (χ3n) is 2.96. The lowest BCUT2D eigenvalue weighted by atomic mass is 9.96. The number of unbranched alkanes of at least 4 members (excludes halogenated alkanes) is 1. The van der Waals surface area contributed by atoms with Gasteiger partial charge in [0.15, 0.2) is 0 Å². The molecule has 0 saturated heterocycles. The van der Waals surface area contributed by atoms with Gasteiger partial charge in [-0.25, -0.2) is 0 Å². The Balaban J connectivity index is 3.65. The van der Waals surface area contributed by atoms with E-state index in [0.717, 1.165) is 32.4 Å². The van der Waals surface area contributed by atoms with E-state index in [1.165, 1.54) is 0 Å². The number of aliphatic hydroxyl groups is 1. The minimum atomic E-state index is -0.253. The molecule has 110 valence electrons. The van der Waals surface area contributed by atoms with Crippen molar-refractivity contribution in [3.05, 3.63) is 0 Å². The third-order valence-corrected chi connectivity index (χ3v) is 2.96. The lowest BCUT2D eigenvalue weighted by molar-refractivity contribution is -0.00714. The molecule has 0 aromatic carbocycles. The molecule has 18 heavy (non-hydrogen) atoms. The first kappa shape index (κ1) is 17.8. The summed E-state index contributed by atoms with van der Waals surface area (Å²) in [6.07, 6.45) is 3.19. The molecule has 4 heteroatoms. The van der Waals surface area contributed by atoms with Crippen molar-refractivity contribution in [1.29, 1.82) is 0 Å². The Morgan fingerprint density at radius 2 is 1.94 bits per heavy atom. The first-order valence-electron chi connectivity index (χ1n) is 7.13. The van der Waals surface area contributed by atoms with E-state index in [4.69, 9.17) is 9.47 Å². The number of hydrogen-bond donors (Lipinski definition) is 2. The second-order valence-electron chi connectivity index (χ2n) is 5.10. The van der Waals surface area contributed by atoms with Gasteiger partial charge in [0.2, 0.25) is 0 Å². The lowest BCUT2D eigenvalue weighted by Crippen LogP contribution is -2.48. The van der Waals surface area contributed by atoms with Crippen molar-refractivity contribution >= 4 is 0 Å². The van der Waals surface area contributed by atoms with Crippen molar-refractivity contribution in [3.63, 3.8) is 0 Å². The normalized spacial score (nSPS) is 16.5. The molecule has 0 amide bonds. The summed E-state index contributed by atoms with van der Waals surface area (Å²) in [7, 11) is 0. The molecule has 0 aliphatic rings. The zero-order valence-corrected chi connectivity index (χ0v) is 12.5. The highest BCUT2D eigenvalue weighted by molar-refractivity contribution is 4.83. The molecule has 4 nitrogen and oxygen atoms in total. The zero-order valence-electron chi connectivity index (χ0n) is 12.5. The van der Waals surface area contributed by atoms with E-state index in [9.17, 15) is 5.11 Å². The van der Waals surface area contributed by atoms with Crippen LogP contribution in [-0.4, -0.2) is 49.7 Å². The smallest absolute Gasteiger partial charge is 0.0704 e. The predicted molar refractivity (Wildman–Crippen MR) is 74.9 cm³/mol. The molecule has 0 aromatic heterocycles. The molecule has 2 N–H and O–H groups in total. The minimum Gasteiger partial charge on any atom is -0.394 e. The molecule has 2 atom stereocenters. The third kappa shape index (κ3) is 8.86.